The van der Waals surface area contributed by atoms with Crippen molar-refractivity contribution >= 4 is 32.1 Å². The van der Waals surface area contributed by atoms with Crippen LogP contribution in [0.5, 0.6) is 0 Å². The summed E-state index contributed by atoms with van der Waals surface area (Å²) in [6.07, 6.45) is 20.0. The Balaban J connectivity index is 1.34. The van der Waals surface area contributed by atoms with E-state index in [1.54, 1.807) is 19.2 Å². The Labute approximate surface area is 169 Å². The largest absolute Gasteiger partial charge is 0.139 e. The van der Waals surface area contributed by atoms with Gasteiger partial charge in [-0.3, -0.25) is 0 Å². The van der Waals surface area contributed by atoms with Crippen LogP contribution < -0.4 is 0 Å². The molecule has 146 valence electrons. The third-order valence-corrected chi connectivity index (χ3v) is 8.70. The van der Waals surface area contributed by atoms with Gasteiger partial charge in [-0.05, 0) is 43.2 Å². The van der Waals surface area contributed by atoms with Crippen molar-refractivity contribution < 1.29 is 0 Å². The first-order chi connectivity index (χ1) is 12.8. The van der Waals surface area contributed by atoms with Crippen molar-refractivity contribution in [2.45, 2.75) is 104 Å². The molecular weight excluding hydrogens is 352 g/mol. The Hall–Kier alpha value is -0.340. The first-order valence-electron chi connectivity index (χ1n) is 11.3. The maximum Gasteiger partial charge on any atom is 0.0456 e. The molecule has 2 aromatic heterocycles. The minimum absolute atomic E-state index is 1.00. The van der Waals surface area contributed by atoms with E-state index in [2.05, 4.69) is 37.3 Å². The molecule has 2 aromatic rings. The molecular formula is C24H38S2. The van der Waals surface area contributed by atoms with Crippen molar-refractivity contribution in [2.75, 3.05) is 0 Å². The number of thiophene rings is 2. The van der Waals surface area contributed by atoms with E-state index in [-0.39, 0.29) is 0 Å². The van der Waals surface area contributed by atoms with Crippen LogP contribution in [0.25, 0.3) is 9.40 Å². The van der Waals surface area contributed by atoms with E-state index in [1.807, 2.05) is 11.3 Å². The molecule has 0 saturated heterocycles. The molecule has 0 aromatic carbocycles. The van der Waals surface area contributed by atoms with E-state index in [0.29, 0.717) is 0 Å². The zero-order valence-electron chi connectivity index (χ0n) is 17.0. The quantitative estimate of drug-likeness (QED) is 0.336. The van der Waals surface area contributed by atoms with E-state index in [4.69, 9.17) is 0 Å². The van der Waals surface area contributed by atoms with Gasteiger partial charge in [-0.1, -0.05) is 84.5 Å². The first-order valence-corrected chi connectivity index (χ1v) is 12.9. The van der Waals surface area contributed by atoms with Crippen LogP contribution in [-0.4, -0.2) is 0 Å². The molecule has 2 heteroatoms. The standard InChI is InChI=1S/C24H38S2/c1-3-5-6-7-8-10-19-11-13-20(14-12-19)15-16-22-18-24-23(26-22)17-21(25-24)9-4-2/h17-20H,3-16H2,1-2H3/t19-,20-. The predicted molar refractivity (Wildman–Crippen MR) is 121 cm³/mol. The highest BCUT2D eigenvalue weighted by Crippen LogP contribution is 2.37. The highest BCUT2D eigenvalue weighted by molar-refractivity contribution is 7.27. The van der Waals surface area contributed by atoms with Crippen LogP contribution in [-0.2, 0) is 12.8 Å². The second kappa shape index (κ2) is 10.9. The van der Waals surface area contributed by atoms with Crippen LogP contribution in [0.3, 0.4) is 0 Å². The van der Waals surface area contributed by atoms with Gasteiger partial charge in [0.2, 0.25) is 0 Å². The van der Waals surface area contributed by atoms with Gasteiger partial charge < -0.3 is 0 Å². The number of hydrogen-bond acceptors (Lipinski definition) is 2. The normalized spacial score (nSPS) is 20.8. The van der Waals surface area contributed by atoms with Gasteiger partial charge in [0.1, 0.15) is 0 Å². The van der Waals surface area contributed by atoms with Crippen molar-refractivity contribution in [2.24, 2.45) is 11.8 Å². The lowest BCUT2D eigenvalue weighted by Crippen LogP contribution is -2.15. The van der Waals surface area contributed by atoms with Gasteiger partial charge >= 0.3 is 0 Å². The molecule has 3 rings (SSSR count). The summed E-state index contributed by atoms with van der Waals surface area (Å²) < 4.78 is 3.08. The summed E-state index contributed by atoms with van der Waals surface area (Å²) in [6, 6.07) is 4.94. The van der Waals surface area contributed by atoms with Gasteiger partial charge in [0.25, 0.3) is 0 Å². The van der Waals surface area contributed by atoms with Crippen LogP contribution in [0.15, 0.2) is 12.1 Å². The summed E-state index contributed by atoms with van der Waals surface area (Å²) in [5, 5.41) is 0. The van der Waals surface area contributed by atoms with Crippen molar-refractivity contribution in [3.63, 3.8) is 0 Å². The first kappa shape index (κ1) is 20.4. The number of hydrogen-bond donors (Lipinski definition) is 0. The summed E-state index contributed by atoms with van der Waals surface area (Å²) >= 11 is 4.09. The zero-order valence-corrected chi connectivity index (χ0v) is 18.7. The van der Waals surface area contributed by atoms with Crippen molar-refractivity contribution in [1.82, 2.24) is 0 Å². The highest BCUT2D eigenvalue weighted by Gasteiger charge is 2.21. The number of rotatable bonds is 11. The smallest absolute Gasteiger partial charge is 0.0456 e. The Bertz CT molecular complexity index is 596. The SMILES string of the molecule is CCCCCCC[C@H]1CC[C@H](CCc2cc3sc(CCC)cc3s2)CC1. The number of unbranched alkanes of at least 4 members (excludes halogenated alkanes) is 4. The van der Waals surface area contributed by atoms with E-state index in [0.717, 1.165) is 11.8 Å². The average molecular weight is 391 g/mol. The van der Waals surface area contributed by atoms with Crippen molar-refractivity contribution in [3.05, 3.63) is 21.9 Å². The molecule has 0 atom stereocenters. The lowest BCUT2D eigenvalue weighted by Gasteiger charge is -2.28. The Morgan fingerprint density at radius 1 is 0.692 bits per heavy atom. The van der Waals surface area contributed by atoms with Gasteiger partial charge in [-0.2, -0.15) is 0 Å². The number of fused-ring (bicyclic) bond motifs is 1. The molecule has 0 unspecified atom stereocenters. The molecule has 1 aliphatic rings. The monoisotopic (exact) mass is 390 g/mol. The molecule has 0 N–H and O–H groups in total. The van der Waals surface area contributed by atoms with E-state index >= 15 is 0 Å². The fourth-order valence-corrected chi connectivity index (χ4v) is 7.19. The zero-order chi connectivity index (χ0) is 18.2. The molecule has 1 saturated carbocycles. The second-order valence-corrected chi connectivity index (χ2v) is 10.9. The fourth-order valence-electron chi connectivity index (χ4n) is 4.62. The fraction of sp³-hybridized carbons (Fsp3) is 0.750. The number of aryl methyl sites for hydroxylation is 2. The van der Waals surface area contributed by atoms with Gasteiger partial charge in [-0.15, -0.1) is 22.7 Å². The lowest BCUT2D eigenvalue weighted by molar-refractivity contribution is 0.249. The second-order valence-electron chi connectivity index (χ2n) is 8.53. The third-order valence-electron chi connectivity index (χ3n) is 6.29. The molecule has 0 aliphatic heterocycles. The van der Waals surface area contributed by atoms with Gasteiger partial charge in [0.15, 0.2) is 0 Å². The maximum absolute atomic E-state index is 2.49. The predicted octanol–water partition coefficient (Wildman–Crippen LogP) is 9.01. The molecule has 0 nitrogen and oxygen atoms in total. The summed E-state index contributed by atoms with van der Waals surface area (Å²) in [5.41, 5.74) is 0. The maximum atomic E-state index is 2.49. The van der Waals surface area contributed by atoms with Crippen LogP contribution in [0.1, 0.15) is 101 Å². The molecule has 0 radical (unpaired) electrons. The van der Waals surface area contributed by atoms with Gasteiger partial charge in [0, 0.05) is 19.2 Å². The Kier molecular flexibility index (Phi) is 8.52. The van der Waals surface area contributed by atoms with Crippen LogP contribution in [0, 0.1) is 11.8 Å². The molecule has 1 aliphatic carbocycles. The van der Waals surface area contributed by atoms with Crippen molar-refractivity contribution in [3.8, 4) is 0 Å². The highest BCUT2D eigenvalue weighted by atomic mass is 32.1. The Morgan fingerprint density at radius 3 is 1.88 bits per heavy atom. The lowest BCUT2D eigenvalue weighted by atomic mass is 9.78. The topological polar surface area (TPSA) is 0 Å². The van der Waals surface area contributed by atoms with E-state index in [9.17, 15) is 0 Å². The van der Waals surface area contributed by atoms with E-state index in [1.165, 1.54) is 89.9 Å². The minimum atomic E-state index is 1.00. The van der Waals surface area contributed by atoms with Crippen LogP contribution in [0.2, 0.25) is 0 Å². The van der Waals surface area contributed by atoms with Crippen LogP contribution in [0.4, 0.5) is 0 Å². The van der Waals surface area contributed by atoms with Crippen molar-refractivity contribution in [1.29, 1.82) is 0 Å². The summed E-state index contributed by atoms with van der Waals surface area (Å²) in [6.45, 7) is 4.59. The van der Waals surface area contributed by atoms with Crippen LogP contribution >= 0.6 is 22.7 Å². The van der Waals surface area contributed by atoms with E-state index < -0.39 is 0 Å². The summed E-state index contributed by atoms with van der Waals surface area (Å²) in [5.74, 6) is 2.05. The average Bonchev–Trinajstić information content (AvgIpc) is 3.19. The molecule has 2 heterocycles. The minimum Gasteiger partial charge on any atom is -0.139 e. The molecule has 0 bridgehead atoms. The molecule has 0 amide bonds. The molecule has 1 fully saturated rings. The summed E-state index contributed by atoms with van der Waals surface area (Å²) in [4.78, 5) is 3.21. The molecule has 0 spiro atoms. The summed E-state index contributed by atoms with van der Waals surface area (Å²) in [7, 11) is 0. The van der Waals surface area contributed by atoms with Gasteiger partial charge in [0.05, 0.1) is 0 Å². The molecule has 26 heavy (non-hydrogen) atoms. The third kappa shape index (κ3) is 6.09. The Morgan fingerprint density at radius 2 is 1.27 bits per heavy atom. The van der Waals surface area contributed by atoms with Gasteiger partial charge in [-0.25, -0.2) is 0 Å².